The second-order valence-electron chi connectivity index (χ2n) is 4.05. The number of carbonyl (C=O) groups is 1. The van der Waals surface area contributed by atoms with Crippen molar-refractivity contribution < 1.29 is 9.90 Å². The summed E-state index contributed by atoms with van der Waals surface area (Å²) < 4.78 is 0.725. The summed E-state index contributed by atoms with van der Waals surface area (Å²) in [6, 6.07) is 8.57. The van der Waals surface area contributed by atoms with Gasteiger partial charge in [0.15, 0.2) is 0 Å². The van der Waals surface area contributed by atoms with Crippen molar-refractivity contribution in [2.75, 3.05) is 18.1 Å². The van der Waals surface area contributed by atoms with Crippen LogP contribution < -0.4 is 4.90 Å². The third kappa shape index (κ3) is 3.56. The summed E-state index contributed by atoms with van der Waals surface area (Å²) in [6.07, 6.45) is 3.10. The Balaban J connectivity index is 2.33. The molecule has 20 heavy (non-hydrogen) atoms. The molecular weight excluding hydrogens is 344 g/mol. The van der Waals surface area contributed by atoms with Crippen molar-refractivity contribution in [1.82, 2.24) is 4.98 Å². The maximum Gasteiger partial charge on any atom is 0.259 e. The van der Waals surface area contributed by atoms with Gasteiger partial charge in [0.25, 0.3) is 5.91 Å². The van der Waals surface area contributed by atoms with Gasteiger partial charge in [-0.25, -0.2) is 0 Å². The highest BCUT2D eigenvalue weighted by molar-refractivity contribution is 9.10. The Morgan fingerprint density at radius 3 is 2.60 bits per heavy atom. The van der Waals surface area contributed by atoms with Gasteiger partial charge in [-0.2, -0.15) is 0 Å². The number of anilines is 1. The summed E-state index contributed by atoms with van der Waals surface area (Å²) in [6.45, 7) is 0.0722. The Morgan fingerprint density at radius 2 is 2.00 bits per heavy atom. The molecule has 2 aromatic rings. The zero-order valence-electron chi connectivity index (χ0n) is 10.5. The summed E-state index contributed by atoms with van der Waals surface area (Å²) in [4.78, 5) is 18.0. The maximum absolute atomic E-state index is 12.5. The van der Waals surface area contributed by atoms with Crippen LogP contribution in [-0.2, 0) is 0 Å². The van der Waals surface area contributed by atoms with Crippen LogP contribution in [0.1, 0.15) is 10.4 Å². The summed E-state index contributed by atoms with van der Waals surface area (Å²) >= 11 is 9.13. The fourth-order valence-electron chi connectivity index (χ4n) is 1.75. The molecule has 0 aliphatic rings. The lowest BCUT2D eigenvalue weighted by molar-refractivity contribution is 0.0980. The van der Waals surface area contributed by atoms with E-state index in [9.17, 15) is 4.79 Å². The van der Waals surface area contributed by atoms with Gasteiger partial charge in [0.1, 0.15) is 0 Å². The predicted molar refractivity (Wildman–Crippen MR) is 82.2 cm³/mol. The van der Waals surface area contributed by atoms with Crippen molar-refractivity contribution in [2.45, 2.75) is 0 Å². The normalized spacial score (nSPS) is 10.3. The number of aromatic nitrogens is 1. The first-order valence-electron chi connectivity index (χ1n) is 5.90. The van der Waals surface area contributed by atoms with Crippen LogP contribution in [0.15, 0.2) is 47.2 Å². The number of hydrogen-bond donors (Lipinski definition) is 1. The molecule has 0 atom stereocenters. The molecule has 4 nitrogen and oxygen atoms in total. The van der Waals surface area contributed by atoms with Crippen molar-refractivity contribution >= 4 is 39.1 Å². The molecule has 0 aliphatic heterocycles. The maximum atomic E-state index is 12.5. The second kappa shape index (κ2) is 6.83. The molecule has 0 aliphatic carbocycles. The molecule has 0 saturated heterocycles. The third-order valence-electron chi connectivity index (χ3n) is 2.66. The number of rotatable bonds is 4. The van der Waals surface area contributed by atoms with E-state index < -0.39 is 0 Å². The standard InChI is InChI=1S/C14H12BrClN2O2/c15-11-7-10(8-17-9-11)14(20)18(5-6-19)13-3-1-12(16)2-4-13/h1-4,7-9,19H,5-6H2. The van der Waals surface area contributed by atoms with Crippen LogP contribution in [0, 0.1) is 0 Å². The van der Waals surface area contributed by atoms with Crippen LogP contribution in [0.2, 0.25) is 5.02 Å². The quantitative estimate of drug-likeness (QED) is 0.917. The Bertz CT molecular complexity index is 604. The first-order valence-corrected chi connectivity index (χ1v) is 7.08. The average molecular weight is 356 g/mol. The van der Waals surface area contributed by atoms with Gasteiger partial charge in [-0.3, -0.25) is 9.78 Å². The second-order valence-corrected chi connectivity index (χ2v) is 5.40. The van der Waals surface area contributed by atoms with Crippen molar-refractivity contribution in [1.29, 1.82) is 0 Å². The highest BCUT2D eigenvalue weighted by atomic mass is 79.9. The number of nitrogens with zero attached hydrogens (tertiary/aromatic N) is 2. The zero-order valence-corrected chi connectivity index (χ0v) is 12.8. The zero-order chi connectivity index (χ0) is 14.5. The molecule has 0 unspecified atom stereocenters. The monoisotopic (exact) mass is 354 g/mol. The lowest BCUT2D eigenvalue weighted by Crippen LogP contribution is -2.33. The number of aliphatic hydroxyl groups excluding tert-OH is 1. The van der Waals surface area contributed by atoms with E-state index in [-0.39, 0.29) is 19.1 Å². The molecule has 0 bridgehead atoms. The van der Waals surface area contributed by atoms with Gasteiger partial charge >= 0.3 is 0 Å². The molecule has 2 rings (SSSR count). The summed E-state index contributed by atoms with van der Waals surface area (Å²) in [7, 11) is 0. The van der Waals surface area contributed by atoms with Crippen molar-refractivity contribution in [3.8, 4) is 0 Å². The fourth-order valence-corrected chi connectivity index (χ4v) is 2.24. The molecule has 1 N–H and O–H groups in total. The number of benzene rings is 1. The van der Waals surface area contributed by atoms with Gasteiger partial charge in [0, 0.05) is 34.1 Å². The van der Waals surface area contributed by atoms with Gasteiger partial charge in [-0.1, -0.05) is 11.6 Å². The molecule has 0 saturated carbocycles. The largest absolute Gasteiger partial charge is 0.395 e. The predicted octanol–water partition coefficient (Wildman–Crippen LogP) is 3.14. The third-order valence-corrected chi connectivity index (χ3v) is 3.34. The van der Waals surface area contributed by atoms with E-state index in [1.165, 1.54) is 11.1 Å². The Labute approximate surface area is 130 Å². The number of hydrogen-bond acceptors (Lipinski definition) is 3. The lowest BCUT2D eigenvalue weighted by atomic mass is 10.2. The van der Waals surface area contributed by atoms with E-state index >= 15 is 0 Å². The van der Waals surface area contributed by atoms with Gasteiger partial charge in [0.2, 0.25) is 0 Å². The van der Waals surface area contributed by atoms with E-state index in [0.29, 0.717) is 16.3 Å². The van der Waals surface area contributed by atoms with E-state index in [0.717, 1.165) is 4.47 Å². The molecule has 104 valence electrons. The summed E-state index contributed by atoms with van der Waals surface area (Å²) in [5.74, 6) is -0.227. The number of amides is 1. The number of halogens is 2. The molecule has 1 heterocycles. The van der Waals surface area contributed by atoms with Gasteiger partial charge in [0.05, 0.1) is 12.2 Å². The Morgan fingerprint density at radius 1 is 1.30 bits per heavy atom. The molecule has 0 spiro atoms. The van der Waals surface area contributed by atoms with E-state index in [1.807, 2.05) is 0 Å². The van der Waals surface area contributed by atoms with Crippen molar-refractivity contribution in [3.63, 3.8) is 0 Å². The van der Waals surface area contributed by atoms with Gasteiger partial charge < -0.3 is 10.0 Å². The average Bonchev–Trinajstić information content (AvgIpc) is 2.45. The highest BCUT2D eigenvalue weighted by Crippen LogP contribution is 2.20. The van der Waals surface area contributed by atoms with Crippen LogP contribution >= 0.6 is 27.5 Å². The summed E-state index contributed by atoms with van der Waals surface area (Å²) in [5, 5.41) is 9.75. The fraction of sp³-hybridized carbons (Fsp3) is 0.143. The molecule has 0 fully saturated rings. The minimum Gasteiger partial charge on any atom is -0.395 e. The van der Waals surface area contributed by atoms with Crippen molar-refractivity contribution in [2.24, 2.45) is 0 Å². The van der Waals surface area contributed by atoms with E-state index in [4.69, 9.17) is 16.7 Å². The number of aliphatic hydroxyl groups is 1. The SMILES string of the molecule is O=C(c1cncc(Br)c1)N(CCO)c1ccc(Cl)cc1. The van der Waals surface area contributed by atoms with Gasteiger partial charge in [-0.15, -0.1) is 0 Å². The van der Waals surface area contributed by atoms with Crippen LogP contribution in [0.3, 0.4) is 0 Å². The molecule has 1 amide bonds. The molecule has 6 heteroatoms. The highest BCUT2D eigenvalue weighted by Gasteiger charge is 2.17. The molecule has 0 radical (unpaired) electrons. The Kier molecular flexibility index (Phi) is 5.11. The smallest absolute Gasteiger partial charge is 0.259 e. The molecule has 1 aromatic heterocycles. The van der Waals surface area contributed by atoms with Gasteiger partial charge in [-0.05, 0) is 46.3 Å². The molecule has 1 aromatic carbocycles. The van der Waals surface area contributed by atoms with Crippen LogP contribution in [0.5, 0.6) is 0 Å². The topological polar surface area (TPSA) is 53.4 Å². The first-order chi connectivity index (χ1) is 9.61. The lowest BCUT2D eigenvalue weighted by Gasteiger charge is -2.22. The van der Waals surface area contributed by atoms with E-state index in [1.54, 1.807) is 36.5 Å². The van der Waals surface area contributed by atoms with Crippen LogP contribution in [-0.4, -0.2) is 29.1 Å². The van der Waals surface area contributed by atoms with Crippen LogP contribution in [0.4, 0.5) is 5.69 Å². The molecular formula is C14H12BrClN2O2. The minimum atomic E-state index is -0.227. The first kappa shape index (κ1) is 15.0. The Hall–Kier alpha value is -1.43. The minimum absolute atomic E-state index is 0.129. The van der Waals surface area contributed by atoms with E-state index in [2.05, 4.69) is 20.9 Å². The van der Waals surface area contributed by atoms with Crippen LogP contribution in [0.25, 0.3) is 0 Å². The number of carbonyl (C=O) groups excluding carboxylic acids is 1. The van der Waals surface area contributed by atoms with Crippen molar-refractivity contribution in [3.05, 3.63) is 57.8 Å². The number of pyridine rings is 1. The summed E-state index contributed by atoms with van der Waals surface area (Å²) in [5.41, 5.74) is 1.12.